The fourth-order valence-corrected chi connectivity index (χ4v) is 5.07. The molecule has 4 aromatic carbocycles. The van der Waals surface area contributed by atoms with Gasteiger partial charge in [-0.25, -0.2) is 0 Å². The third-order valence-electron chi connectivity index (χ3n) is 7.23. The van der Waals surface area contributed by atoms with Gasteiger partial charge in [-0.3, -0.25) is 14.5 Å². The molecule has 0 aliphatic carbocycles. The van der Waals surface area contributed by atoms with E-state index < -0.39 is 17.7 Å². The molecule has 5 rings (SSSR count). The summed E-state index contributed by atoms with van der Waals surface area (Å²) in [6.07, 6.45) is 0. The molecule has 192 valence electrons. The van der Waals surface area contributed by atoms with E-state index in [1.165, 1.54) is 4.90 Å². The molecule has 0 aromatic heterocycles. The molecular weight excluding hydrogens is 472 g/mol. The molecule has 1 N–H and O–H groups in total. The normalized spacial score (nSPS) is 17.3. The summed E-state index contributed by atoms with van der Waals surface area (Å²) in [6.45, 7) is 6.42. The highest BCUT2D eigenvalue weighted by atomic mass is 16.3. The van der Waals surface area contributed by atoms with Gasteiger partial charge in [0, 0.05) is 31.0 Å². The number of carbonyl (C=O) groups is 2. The molecule has 1 aliphatic rings. The van der Waals surface area contributed by atoms with Crippen molar-refractivity contribution >= 4 is 39.6 Å². The van der Waals surface area contributed by atoms with E-state index in [0.717, 1.165) is 27.6 Å². The molecule has 0 spiro atoms. The van der Waals surface area contributed by atoms with Gasteiger partial charge in [0.15, 0.2) is 0 Å². The lowest BCUT2D eigenvalue weighted by Crippen LogP contribution is -2.29. The van der Waals surface area contributed by atoms with Crippen molar-refractivity contribution in [3.05, 3.63) is 113 Å². The predicted octanol–water partition coefficient (Wildman–Crippen LogP) is 6.83. The standard InChI is InChI=1S/C33H32N2O3/c1-33(2,3)23-15-13-22(14-16-23)29-28(30(36)27-12-8-10-21-9-6-7-11-26(21)27)31(37)32(38)35(29)25-19-17-24(18-20-25)34(4)5/h6-20,29,36H,1-5H3/b30-28-. The van der Waals surface area contributed by atoms with Gasteiger partial charge in [0.1, 0.15) is 5.76 Å². The third-order valence-corrected chi connectivity index (χ3v) is 7.23. The summed E-state index contributed by atoms with van der Waals surface area (Å²) in [5, 5.41) is 13.4. The lowest BCUT2D eigenvalue weighted by Gasteiger charge is -2.27. The summed E-state index contributed by atoms with van der Waals surface area (Å²) < 4.78 is 0. The number of benzene rings is 4. The van der Waals surface area contributed by atoms with Crippen LogP contribution in [0.4, 0.5) is 11.4 Å². The largest absolute Gasteiger partial charge is 0.507 e. The minimum absolute atomic E-state index is 0.0503. The van der Waals surface area contributed by atoms with Crippen LogP contribution in [0.1, 0.15) is 43.5 Å². The van der Waals surface area contributed by atoms with Gasteiger partial charge in [-0.05, 0) is 51.6 Å². The molecule has 1 heterocycles. The lowest BCUT2D eigenvalue weighted by atomic mass is 9.85. The van der Waals surface area contributed by atoms with Crippen LogP contribution in [0.15, 0.2) is 96.6 Å². The van der Waals surface area contributed by atoms with E-state index in [1.807, 2.05) is 104 Å². The monoisotopic (exact) mass is 504 g/mol. The number of Topliss-reactive ketones (excluding diaryl/α,β-unsaturated/α-hetero) is 1. The number of ketones is 1. The summed E-state index contributed by atoms with van der Waals surface area (Å²) in [4.78, 5) is 30.7. The number of anilines is 2. The van der Waals surface area contributed by atoms with Gasteiger partial charge in [0.05, 0.1) is 11.6 Å². The molecule has 5 nitrogen and oxygen atoms in total. The molecule has 0 bridgehead atoms. The first-order valence-corrected chi connectivity index (χ1v) is 12.7. The number of rotatable bonds is 4. The molecule has 1 unspecified atom stereocenters. The number of nitrogens with zero attached hydrogens (tertiary/aromatic N) is 2. The van der Waals surface area contributed by atoms with Gasteiger partial charge < -0.3 is 10.0 Å². The van der Waals surface area contributed by atoms with Gasteiger partial charge in [0.2, 0.25) is 0 Å². The van der Waals surface area contributed by atoms with Gasteiger partial charge in [0.25, 0.3) is 11.7 Å². The third kappa shape index (κ3) is 4.34. The lowest BCUT2D eigenvalue weighted by molar-refractivity contribution is -0.132. The van der Waals surface area contributed by atoms with Crippen molar-refractivity contribution in [1.82, 2.24) is 0 Å². The van der Waals surface area contributed by atoms with Crippen LogP contribution < -0.4 is 9.80 Å². The number of aliphatic hydroxyl groups excluding tert-OH is 1. The van der Waals surface area contributed by atoms with Crippen molar-refractivity contribution in [2.24, 2.45) is 0 Å². The van der Waals surface area contributed by atoms with Crippen LogP contribution in [0.25, 0.3) is 16.5 Å². The second-order valence-electron chi connectivity index (χ2n) is 11.0. The Hall–Kier alpha value is -4.38. The average molecular weight is 505 g/mol. The van der Waals surface area contributed by atoms with Crippen LogP contribution in [0.3, 0.4) is 0 Å². The summed E-state index contributed by atoms with van der Waals surface area (Å²) in [5.41, 5.74) is 4.04. The van der Waals surface area contributed by atoms with E-state index in [0.29, 0.717) is 11.3 Å². The fourth-order valence-electron chi connectivity index (χ4n) is 5.07. The Morgan fingerprint density at radius 3 is 2.08 bits per heavy atom. The molecule has 5 heteroatoms. The maximum atomic E-state index is 13.6. The summed E-state index contributed by atoms with van der Waals surface area (Å²) in [6, 6.07) is 28.0. The SMILES string of the molecule is CN(C)c1ccc(N2C(=O)C(=O)/C(=C(\O)c3cccc4ccccc34)C2c2ccc(C(C)(C)C)cc2)cc1. The molecule has 4 aromatic rings. The minimum atomic E-state index is -0.770. The first-order valence-electron chi connectivity index (χ1n) is 12.7. The molecule has 1 amide bonds. The molecule has 1 atom stereocenters. The van der Waals surface area contributed by atoms with Crippen molar-refractivity contribution < 1.29 is 14.7 Å². The van der Waals surface area contributed by atoms with Crippen molar-refractivity contribution in [2.45, 2.75) is 32.2 Å². The molecular formula is C33H32N2O3. The molecule has 0 radical (unpaired) electrons. The Morgan fingerprint density at radius 2 is 1.45 bits per heavy atom. The van der Waals surface area contributed by atoms with Crippen LogP contribution in [-0.2, 0) is 15.0 Å². The quantitative estimate of drug-likeness (QED) is 0.188. The molecule has 1 fully saturated rings. The van der Waals surface area contributed by atoms with Gasteiger partial charge in [-0.1, -0.05) is 87.5 Å². The number of fused-ring (bicyclic) bond motifs is 1. The number of hydrogen-bond donors (Lipinski definition) is 1. The van der Waals surface area contributed by atoms with Crippen molar-refractivity contribution in [3.63, 3.8) is 0 Å². The van der Waals surface area contributed by atoms with E-state index >= 15 is 0 Å². The maximum Gasteiger partial charge on any atom is 0.300 e. The minimum Gasteiger partial charge on any atom is -0.507 e. The highest BCUT2D eigenvalue weighted by Gasteiger charge is 2.47. The first-order chi connectivity index (χ1) is 18.1. The van der Waals surface area contributed by atoms with E-state index in [4.69, 9.17) is 0 Å². The maximum absolute atomic E-state index is 13.6. The van der Waals surface area contributed by atoms with Crippen LogP contribution in [-0.4, -0.2) is 30.9 Å². The van der Waals surface area contributed by atoms with Crippen molar-refractivity contribution in [1.29, 1.82) is 0 Å². The van der Waals surface area contributed by atoms with Crippen LogP contribution in [0.2, 0.25) is 0 Å². The van der Waals surface area contributed by atoms with E-state index in [2.05, 4.69) is 20.8 Å². The zero-order valence-corrected chi connectivity index (χ0v) is 22.4. The Balaban J connectivity index is 1.73. The van der Waals surface area contributed by atoms with E-state index in [-0.39, 0.29) is 16.7 Å². The van der Waals surface area contributed by atoms with Gasteiger partial charge in [-0.2, -0.15) is 0 Å². The smallest absolute Gasteiger partial charge is 0.300 e. The zero-order chi connectivity index (χ0) is 27.2. The van der Waals surface area contributed by atoms with E-state index in [9.17, 15) is 14.7 Å². The highest BCUT2D eigenvalue weighted by Crippen LogP contribution is 2.43. The molecule has 0 saturated carbocycles. The number of carbonyl (C=O) groups excluding carboxylic acids is 2. The summed E-state index contributed by atoms with van der Waals surface area (Å²) >= 11 is 0. The Bertz CT molecular complexity index is 1550. The first kappa shape index (κ1) is 25.3. The Kier molecular flexibility index (Phi) is 6.31. The van der Waals surface area contributed by atoms with Crippen LogP contribution in [0, 0.1) is 0 Å². The second kappa shape index (κ2) is 9.49. The fraction of sp³-hybridized carbons (Fsp3) is 0.212. The van der Waals surface area contributed by atoms with Crippen LogP contribution >= 0.6 is 0 Å². The van der Waals surface area contributed by atoms with Crippen molar-refractivity contribution in [2.75, 3.05) is 23.9 Å². The molecule has 1 aliphatic heterocycles. The number of aliphatic hydroxyl groups is 1. The number of amides is 1. The van der Waals surface area contributed by atoms with Crippen molar-refractivity contribution in [3.8, 4) is 0 Å². The summed E-state index contributed by atoms with van der Waals surface area (Å²) in [7, 11) is 3.89. The average Bonchev–Trinajstić information content (AvgIpc) is 3.17. The van der Waals surface area contributed by atoms with Gasteiger partial charge >= 0.3 is 0 Å². The summed E-state index contributed by atoms with van der Waals surface area (Å²) in [5.74, 6) is -1.52. The Labute approximate surface area is 223 Å². The second-order valence-corrected chi connectivity index (χ2v) is 11.0. The Morgan fingerprint density at radius 1 is 0.816 bits per heavy atom. The zero-order valence-electron chi connectivity index (χ0n) is 22.4. The predicted molar refractivity (Wildman–Crippen MR) is 155 cm³/mol. The highest BCUT2D eigenvalue weighted by molar-refractivity contribution is 6.51. The molecule has 1 saturated heterocycles. The van der Waals surface area contributed by atoms with Crippen LogP contribution in [0.5, 0.6) is 0 Å². The molecule has 38 heavy (non-hydrogen) atoms. The van der Waals surface area contributed by atoms with E-state index in [1.54, 1.807) is 6.07 Å². The number of hydrogen-bond acceptors (Lipinski definition) is 4. The van der Waals surface area contributed by atoms with Gasteiger partial charge in [-0.15, -0.1) is 0 Å². The topological polar surface area (TPSA) is 60.9 Å².